The van der Waals surface area contributed by atoms with Gasteiger partial charge in [-0.1, -0.05) is 19.3 Å². The van der Waals surface area contributed by atoms with Gasteiger partial charge in [-0.15, -0.1) is 17.8 Å². The third kappa shape index (κ3) is 3.87. The molecule has 3 aromatic rings. The zero-order valence-electron chi connectivity index (χ0n) is 15.1. The highest BCUT2D eigenvalue weighted by Crippen LogP contribution is 2.39. The second-order valence-electron chi connectivity index (χ2n) is 6.71. The van der Waals surface area contributed by atoms with Gasteiger partial charge in [0.2, 0.25) is 0 Å². The van der Waals surface area contributed by atoms with Crippen LogP contribution in [0.1, 0.15) is 60.8 Å². The van der Waals surface area contributed by atoms with Crippen LogP contribution in [0.2, 0.25) is 0 Å². The SMILES string of the molecule is C#Cc1cnc(-c2ccc(C(O)CCC)s2)nc1Nc1cc(C2CC2)[nH]n1. The highest BCUT2D eigenvalue weighted by Gasteiger charge is 2.25. The molecule has 6 nitrogen and oxygen atoms in total. The van der Waals surface area contributed by atoms with Crippen LogP contribution in [0.5, 0.6) is 0 Å². The molecule has 0 bridgehead atoms. The number of terminal acetylenes is 1. The molecule has 0 amide bonds. The molecule has 4 rings (SSSR count). The minimum Gasteiger partial charge on any atom is -0.388 e. The Kier molecular flexibility index (Phi) is 4.92. The lowest BCUT2D eigenvalue weighted by Crippen LogP contribution is -2.00. The van der Waals surface area contributed by atoms with Gasteiger partial charge in [0.1, 0.15) is 0 Å². The zero-order chi connectivity index (χ0) is 18.8. The Labute approximate surface area is 162 Å². The molecule has 1 saturated carbocycles. The predicted molar refractivity (Wildman–Crippen MR) is 107 cm³/mol. The summed E-state index contributed by atoms with van der Waals surface area (Å²) in [7, 11) is 0. The van der Waals surface area contributed by atoms with Gasteiger partial charge in [-0.3, -0.25) is 5.10 Å². The number of thiophene rings is 1. The molecule has 1 unspecified atom stereocenters. The number of H-pyrrole nitrogens is 1. The van der Waals surface area contributed by atoms with E-state index >= 15 is 0 Å². The van der Waals surface area contributed by atoms with E-state index in [1.165, 1.54) is 24.2 Å². The Bertz CT molecular complexity index is 982. The molecule has 1 atom stereocenters. The highest BCUT2D eigenvalue weighted by atomic mass is 32.1. The van der Waals surface area contributed by atoms with E-state index in [1.807, 2.05) is 18.2 Å². The van der Waals surface area contributed by atoms with E-state index in [0.717, 1.165) is 28.3 Å². The summed E-state index contributed by atoms with van der Waals surface area (Å²) in [6.07, 6.45) is 10.9. The summed E-state index contributed by atoms with van der Waals surface area (Å²) < 4.78 is 0. The van der Waals surface area contributed by atoms with Gasteiger partial charge in [-0.25, -0.2) is 9.97 Å². The maximum atomic E-state index is 10.2. The van der Waals surface area contributed by atoms with E-state index < -0.39 is 6.10 Å². The Morgan fingerprint density at radius 2 is 2.30 bits per heavy atom. The molecule has 1 aliphatic rings. The molecule has 0 spiro atoms. The molecule has 0 radical (unpaired) electrons. The summed E-state index contributed by atoms with van der Waals surface area (Å²) in [6.45, 7) is 2.06. The van der Waals surface area contributed by atoms with Crippen molar-refractivity contribution in [2.75, 3.05) is 5.32 Å². The van der Waals surface area contributed by atoms with Crippen LogP contribution in [0.15, 0.2) is 24.4 Å². The van der Waals surface area contributed by atoms with Crippen molar-refractivity contribution in [3.05, 3.63) is 40.5 Å². The van der Waals surface area contributed by atoms with Gasteiger partial charge in [-0.05, 0) is 31.4 Å². The van der Waals surface area contributed by atoms with Crippen molar-refractivity contribution in [3.8, 4) is 23.0 Å². The number of hydrogen-bond acceptors (Lipinski definition) is 6. The number of aromatic amines is 1. The minimum absolute atomic E-state index is 0.443. The number of anilines is 2. The summed E-state index contributed by atoms with van der Waals surface area (Å²) in [5.41, 5.74) is 1.72. The average molecular weight is 379 g/mol. The topological polar surface area (TPSA) is 86.7 Å². The van der Waals surface area contributed by atoms with Crippen LogP contribution >= 0.6 is 11.3 Å². The minimum atomic E-state index is -0.443. The maximum absolute atomic E-state index is 10.2. The maximum Gasteiger partial charge on any atom is 0.171 e. The summed E-state index contributed by atoms with van der Waals surface area (Å²) in [5.74, 6) is 5.04. The van der Waals surface area contributed by atoms with E-state index in [1.54, 1.807) is 6.20 Å². The van der Waals surface area contributed by atoms with Gasteiger partial charge >= 0.3 is 0 Å². The molecule has 3 N–H and O–H groups in total. The number of rotatable bonds is 7. The van der Waals surface area contributed by atoms with Crippen LogP contribution in [-0.4, -0.2) is 25.3 Å². The molecule has 138 valence electrons. The standard InChI is InChI=1S/C20H21N5OS/c1-3-5-15(26)16-8-9-17(27-16)20-21-11-12(4-2)19(23-20)22-18-10-14(24-25-18)13-6-7-13/h2,8-11,13,15,26H,3,5-7H2,1H3,(H2,21,22,23,24,25). The lowest BCUT2D eigenvalue weighted by atomic mass is 10.2. The van der Waals surface area contributed by atoms with Gasteiger partial charge < -0.3 is 10.4 Å². The van der Waals surface area contributed by atoms with Crippen LogP contribution < -0.4 is 5.32 Å². The van der Waals surface area contributed by atoms with E-state index in [0.29, 0.717) is 28.9 Å². The van der Waals surface area contributed by atoms with E-state index in [9.17, 15) is 5.11 Å². The van der Waals surface area contributed by atoms with Crippen LogP contribution in [0.4, 0.5) is 11.6 Å². The Balaban J connectivity index is 1.59. The summed E-state index contributed by atoms with van der Waals surface area (Å²) in [4.78, 5) is 10.8. The first-order valence-corrected chi connectivity index (χ1v) is 9.93. The third-order valence-corrected chi connectivity index (χ3v) is 5.73. The van der Waals surface area contributed by atoms with Crippen LogP contribution in [-0.2, 0) is 0 Å². The number of nitrogens with zero attached hydrogens (tertiary/aromatic N) is 3. The van der Waals surface area contributed by atoms with Crippen LogP contribution in [0, 0.1) is 12.3 Å². The number of nitrogens with one attached hydrogen (secondary N) is 2. The van der Waals surface area contributed by atoms with E-state index in [-0.39, 0.29) is 0 Å². The Morgan fingerprint density at radius 1 is 1.44 bits per heavy atom. The molecule has 7 heteroatoms. The fourth-order valence-electron chi connectivity index (χ4n) is 2.89. The Hall–Kier alpha value is -2.69. The van der Waals surface area contributed by atoms with Crippen LogP contribution in [0.25, 0.3) is 10.7 Å². The number of aliphatic hydroxyl groups excluding tert-OH is 1. The molecule has 27 heavy (non-hydrogen) atoms. The predicted octanol–water partition coefficient (Wildman–Crippen LogP) is 4.36. The summed E-state index contributed by atoms with van der Waals surface area (Å²) >= 11 is 1.50. The molecule has 0 aliphatic heterocycles. The van der Waals surface area contributed by atoms with Crippen molar-refractivity contribution in [3.63, 3.8) is 0 Å². The second kappa shape index (κ2) is 7.51. The zero-order valence-corrected chi connectivity index (χ0v) is 15.9. The van der Waals surface area contributed by atoms with Gasteiger partial charge in [-0.2, -0.15) is 5.10 Å². The fourth-order valence-corrected chi connectivity index (χ4v) is 3.86. The molecule has 1 aliphatic carbocycles. The van der Waals surface area contributed by atoms with Crippen molar-refractivity contribution in [2.24, 2.45) is 0 Å². The number of hydrogen-bond donors (Lipinski definition) is 3. The third-order valence-electron chi connectivity index (χ3n) is 4.54. The fraction of sp³-hybridized carbons (Fsp3) is 0.350. The number of aromatic nitrogens is 4. The largest absolute Gasteiger partial charge is 0.388 e. The van der Waals surface area contributed by atoms with Crippen molar-refractivity contribution < 1.29 is 5.11 Å². The van der Waals surface area contributed by atoms with Gasteiger partial charge in [0, 0.05) is 28.8 Å². The van der Waals surface area contributed by atoms with Crippen LogP contribution in [0.3, 0.4) is 0 Å². The molecule has 3 heterocycles. The lowest BCUT2D eigenvalue weighted by molar-refractivity contribution is 0.170. The normalized spacial score (nSPS) is 14.7. The smallest absolute Gasteiger partial charge is 0.171 e. The summed E-state index contributed by atoms with van der Waals surface area (Å²) in [6, 6.07) is 5.87. The van der Waals surface area contributed by atoms with E-state index in [2.05, 4.69) is 38.3 Å². The highest BCUT2D eigenvalue weighted by molar-refractivity contribution is 7.15. The van der Waals surface area contributed by atoms with Gasteiger partial charge in [0.05, 0.1) is 16.5 Å². The second-order valence-corrected chi connectivity index (χ2v) is 7.83. The average Bonchev–Trinajstić information content (AvgIpc) is 3.22. The van der Waals surface area contributed by atoms with Crippen molar-refractivity contribution in [2.45, 2.75) is 44.6 Å². The molecule has 0 aromatic carbocycles. The first kappa shape index (κ1) is 17.7. The van der Waals surface area contributed by atoms with Crippen molar-refractivity contribution in [1.29, 1.82) is 0 Å². The van der Waals surface area contributed by atoms with Crippen molar-refractivity contribution in [1.82, 2.24) is 20.2 Å². The molecular weight excluding hydrogens is 358 g/mol. The molecule has 1 fully saturated rings. The lowest BCUT2D eigenvalue weighted by Gasteiger charge is -2.07. The number of aliphatic hydroxyl groups is 1. The van der Waals surface area contributed by atoms with Gasteiger partial charge in [0.25, 0.3) is 0 Å². The van der Waals surface area contributed by atoms with Gasteiger partial charge in [0.15, 0.2) is 17.5 Å². The monoisotopic (exact) mass is 379 g/mol. The van der Waals surface area contributed by atoms with Crippen molar-refractivity contribution >= 4 is 23.0 Å². The summed E-state index contributed by atoms with van der Waals surface area (Å²) in [5, 5.41) is 20.8. The molecule has 0 saturated heterocycles. The first-order chi connectivity index (χ1) is 13.2. The molecular formula is C20H21N5OS. The first-order valence-electron chi connectivity index (χ1n) is 9.12. The van der Waals surface area contributed by atoms with E-state index in [4.69, 9.17) is 6.42 Å². The molecule has 3 aromatic heterocycles. The quantitative estimate of drug-likeness (QED) is 0.531. The Morgan fingerprint density at radius 3 is 3.04 bits per heavy atom.